The molecular weight excluding hydrogens is 672 g/mol. The fourth-order valence-electron chi connectivity index (χ4n) is 4.63. The third-order valence-corrected chi connectivity index (χ3v) is 9.68. The van der Waals surface area contributed by atoms with Crippen molar-refractivity contribution in [1.29, 1.82) is 0 Å². The quantitative estimate of drug-likeness (QED) is 0.273. The highest BCUT2D eigenvalue weighted by atomic mass is 127. The second-order valence-electron chi connectivity index (χ2n) is 8.65. The van der Waals surface area contributed by atoms with E-state index >= 15 is 0 Å². The molecule has 2 aliphatic rings. The summed E-state index contributed by atoms with van der Waals surface area (Å²) in [6, 6.07) is 19.3. The first kappa shape index (κ1) is 23.9. The first-order valence-electron chi connectivity index (χ1n) is 10.9. The molecule has 0 spiro atoms. The lowest BCUT2D eigenvalue weighted by Gasteiger charge is -2.35. The number of hydrogen-bond donors (Lipinski definition) is 0. The van der Waals surface area contributed by atoms with Crippen molar-refractivity contribution < 1.29 is 13.2 Å². The van der Waals surface area contributed by atoms with Gasteiger partial charge in [0.25, 0.3) is 10.0 Å². The summed E-state index contributed by atoms with van der Waals surface area (Å²) in [5.41, 5.74) is 8.10. The van der Waals surface area contributed by atoms with Crippen LogP contribution in [0.25, 0.3) is 11.1 Å². The largest absolute Gasteiger partial charge is 0.488 e. The van der Waals surface area contributed by atoms with Gasteiger partial charge in [0.05, 0.1) is 17.1 Å². The molecule has 7 heteroatoms. The van der Waals surface area contributed by atoms with Gasteiger partial charge in [0, 0.05) is 29.4 Å². The first-order valence-corrected chi connectivity index (χ1v) is 14.5. The average Bonchev–Trinajstić information content (AvgIpc) is 2.80. The Morgan fingerprint density at radius 1 is 0.853 bits per heavy atom. The molecule has 0 fully saturated rings. The predicted octanol–water partition coefficient (Wildman–Crippen LogP) is 7.21. The Balaban J connectivity index is 1.75. The fraction of sp³-hybridized carbons (Fsp3) is 0.185. The number of halogens is 2. The van der Waals surface area contributed by atoms with Gasteiger partial charge in [0.2, 0.25) is 0 Å². The van der Waals surface area contributed by atoms with Crippen LogP contribution in [0.5, 0.6) is 5.75 Å². The molecule has 2 aliphatic heterocycles. The standard InChI is InChI=1S/C27H23I2NO3S/c1-16-8-10-19(11-9-16)34(31,32)30-14-21(28)27(25-18(3)12-17(2)13-23(25)30)26-20-6-4-5-7-24(20)33-15-22(26)29/h4-13H,14-15H2,1-3H3. The van der Waals surface area contributed by atoms with Crippen LogP contribution in [-0.4, -0.2) is 21.6 Å². The Labute approximate surface area is 228 Å². The van der Waals surface area contributed by atoms with Gasteiger partial charge in [-0.15, -0.1) is 0 Å². The molecule has 0 saturated carbocycles. The molecule has 4 nitrogen and oxygen atoms in total. The number of allylic oxidation sites excluding steroid dienone is 2. The van der Waals surface area contributed by atoms with Gasteiger partial charge in [-0.1, -0.05) is 42.0 Å². The normalized spacial score (nSPS) is 15.7. The van der Waals surface area contributed by atoms with Crippen LogP contribution in [0, 0.1) is 20.8 Å². The topological polar surface area (TPSA) is 46.6 Å². The van der Waals surface area contributed by atoms with E-state index in [-0.39, 0.29) is 0 Å². The highest BCUT2D eigenvalue weighted by Gasteiger charge is 2.36. The van der Waals surface area contributed by atoms with E-state index in [1.807, 2.05) is 50.2 Å². The van der Waals surface area contributed by atoms with E-state index in [4.69, 9.17) is 4.74 Å². The molecule has 0 N–H and O–H groups in total. The Bertz CT molecular complexity index is 1490. The van der Waals surface area contributed by atoms with Crippen molar-refractivity contribution in [3.05, 3.63) is 95.6 Å². The number of hydrogen-bond acceptors (Lipinski definition) is 3. The summed E-state index contributed by atoms with van der Waals surface area (Å²) in [6.07, 6.45) is 0. The molecule has 3 aromatic rings. The number of rotatable bonds is 3. The van der Waals surface area contributed by atoms with Crippen LogP contribution in [-0.2, 0) is 10.0 Å². The van der Waals surface area contributed by atoms with E-state index in [2.05, 4.69) is 64.2 Å². The maximum absolute atomic E-state index is 13.8. The van der Waals surface area contributed by atoms with E-state index in [1.54, 1.807) is 16.4 Å². The molecular formula is C27H23I2NO3S. The predicted molar refractivity (Wildman–Crippen MR) is 155 cm³/mol. The average molecular weight is 695 g/mol. The van der Waals surface area contributed by atoms with E-state index in [0.29, 0.717) is 18.0 Å². The minimum Gasteiger partial charge on any atom is -0.488 e. The molecule has 34 heavy (non-hydrogen) atoms. The maximum atomic E-state index is 13.8. The lowest BCUT2D eigenvalue weighted by atomic mass is 9.85. The zero-order valence-electron chi connectivity index (χ0n) is 19.0. The van der Waals surface area contributed by atoms with Gasteiger partial charge >= 0.3 is 0 Å². The van der Waals surface area contributed by atoms with Gasteiger partial charge in [0.1, 0.15) is 12.4 Å². The molecule has 174 valence electrons. The number of benzene rings is 3. The van der Waals surface area contributed by atoms with Crippen molar-refractivity contribution in [3.8, 4) is 5.75 Å². The van der Waals surface area contributed by atoms with Crippen molar-refractivity contribution in [2.24, 2.45) is 0 Å². The summed E-state index contributed by atoms with van der Waals surface area (Å²) in [7, 11) is -3.74. The minimum absolute atomic E-state index is 0.290. The van der Waals surface area contributed by atoms with Crippen LogP contribution in [0.3, 0.4) is 0 Å². The molecule has 0 aromatic heterocycles. The molecule has 0 atom stereocenters. The monoisotopic (exact) mass is 695 g/mol. The third-order valence-electron chi connectivity index (χ3n) is 6.17. The number of ether oxygens (including phenoxy) is 1. The number of aryl methyl sites for hydroxylation is 3. The third kappa shape index (κ3) is 3.99. The van der Waals surface area contributed by atoms with E-state index < -0.39 is 10.0 Å². The van der Waals surface area contributed by atoms with Crippen LogP contribution in [0.2, 0.25) is 0 Å². The highest BCUT2D eigenvalue weighted by Crippen LogP contribution is 2.51. The lowest BCUT2D eigenvalue weighted by Crippen LogP contribution is -2.35. The van der Waals surface area contributed by atoms with E-state index in [0.717, 1.165) is 57.6 Å². The molecule has 0 unspecified atom stereocenters. The van der Waals surface area contributed by atoms with Gasteiger partial charge in [0.15, 0.2) is 0 Å². The number of para-hydroxylation sites is 1. The Morgan fingerprint density at radius 3 is 2.29 bits per heavy atom. The minimum atomic E-state index is -3.74. The fourth-order valence-corrected chi connectivity index (χ4v) is 7.90. The molecule has 0 amide bonds. The van der Waals surface area contributed by atoms with Crippen LogP contribution in [0.4, 0.5) is 5.69 Å². The van der Waals surface area contributed by atoms with Crippen molar-refractivity contribution in [2.45, 2.75) is 25.7 Å². The summed E-state index contributed by atoms with van der Waals surface area (Å²) in [4.78, 5) is 0.307. The van der Waals surface area contributed by atoms with Crippen LogP contribution >= 0.6 is 45.2 Å². The van der Waals surface area contributed by atoms with Crippen molar-refractivity contribution in [3.63, 3.8) is 0 Å². The Morgan fingerprint density at radius 2 is 1.56 bits per heavy atom. The molecule has 5 rings (SSSR count). The SMILES string of the molecule is Cc1ccc(S(=O)(=O)N2CC(I)=C(C3=C(I)COc4ccccc43)c3c(C)cc(C)cc32)cc1. The van der Waals surface area contributed by atoms with Crippen molar-refractivity contribution in [1.82, 2.24) is 0 Å². The molecule has 0 radical (unpaired) electrons. The summed E-state index contributed by atoms with van der Waals surface area (Å²) in [6.45, 7) is 6.83. The van der Waals surface area contributed by atoms with Crippen LogP contribution < -0.4 is 9.04 Å². The van der Waals surface area contributed by atoms with Gasteiger partial charge in [-0.2, -0.15) is 0 Å². The van der Waals surface area contributed by atoms with Crippen LogP contribution in [0.15, 0.2) is 72.7 Å². The van der Waals surface area contributed by atoms with Gasteiger partial charge in [-0.05, 0) is 101 Å². The second kappa shape index (κ2) is 8.98. The van der Waals surface area contributed by atoms with Crippen LogP contribution in [0.1, 0.15) is 27.8 Å². The summed E-state index contributed by atoms with van der Waals surface area (Å²) < 4.78 is 37.3. The van der Waals surface area contributed by atoms with Gasteiger partial charge in [-0.25, -0.2) is 8.42 Å². The van der Waals surface area contributed by atoms with E-state index in [1.165, 1.54) is 0 Å². The second-order valence-corrected chi connectivity index (χ2v) is 13.1. The summed E-state index contributed by atoms with van der Waals surface area (Å²) in [5, 5.41) is 0. The van der Waals surface area contributed by atoms with Crippen molar-refractivity contribution in [2.75, 3.05) is 17.5 Å². The number of nitrogens with zero attached hydrogens (tertiary/aromatic N) is 1. The van der Waals surface area contributed by atoms with Gasteiger partial charge in [-0.3, -0.25) is 4.31 Å². The number of fused-ring (bicyclic) bond motifs is 2. The Hall–Kier alpha value is -1.85. The molecule has 0 aliphatic carbocycles. The molecule has 0 saturated heterocycles. The number of anilines is 1. The zero-order chi connectivity index (χ0) is 24.2. The maximum Gasteiger partial charge on any atom is 0.264 e. The molecule has 3 aromatic carbocycles. The summed E-state index contributed by atoms with van der Waals surface area (Å²) in [5.74, 6) is 0.857. The number of sulfonamides is 1. The highest BCUT2D eigenvalue weighted by molar-refractivity contribution is 14.1. The summed E-state index contributed by atoms with van der Waals surface area (Å²) >= 11 is 4.69. The van der Waals surface area contributed by atoms with E-state index in [9.17, 15) is 8.42 Å². The van der Waals surface area contributed by atoms with Crippen molar-refractivity contribution >= 4 is 72.0 Å². The zero-order valence-corrected chi connectivity index (χ0v) is 24.2. The molecule has 2 heterocycles. The molecule has 0 bridgehead atoms. The lowest BCUT2D eigenvalue weighted by molar-refractivity contribution is 0.356. The Kier molecular flexibility index (Phi) is 6.31. The smallest absolute Gasteiger partial charge is 0.264 e. The van der Waals surface area contributed by atoms with Gasteiger partial charge < -0.3 is 4.74 Å². The first-order chi connectivity index (χ1) is 16.2.